The summed E-state index contributed by atoms with van der Waals surface area (Å²) in [6, 6.07) is 19.0. The van der Waals surface area contributed by atoms with E-state index >= 15 is 0 Å². The minimum atomic E-state index is -0.226. The Morgan fingerprint density at radius 2 is 1.06 bits per heavy atom. The molecule has 2 aromatic rings. The SMILES string of the molecule is O=C(C1CCCCCN1)N(CN(C(=O)C1CCCCCN1)c1ccccc1)c1ccccc1. The summed E-state index contributed by atoms with van der Waals surface area (Å²) in [7, 11) is 0. The quantitative estimate of drug-likeness (QED) is 0.654. The molecule has 2 N–H and O–H groups in total. The number of rotatable bonds is 6. The monoisotopic (exact) mass is 448 g/mol. The van der Waals surface area contributed by atoms with Crippen LogP contribution in [0.5, 0.6) is 0 Å². The Morgan fingerprint density at radius 3 is 1.48 bits per heavy atom. The summed E-state index contributed by atoms with van der Waals surface area (Å²) in [5.74, 6) is 0.0660. The summed E-state index contributed by atoms with van der Waals surface area (Å²) in [5, 5.41) is 6.88. The third-order valence-corrected chi connectivity index (χ3v) is 6.67. The van der Waals surface area contributed by atoms with Crippen LogP contribution in [0.3, 0.4) is 0 Å². The van der Waals surface area contributed by atoms with Gasteiger partial charge in [0.2, 0.25) is 11.8 Å². The summed E-state index contributed by atoms with van der Waals surface area (Å²) in [6.07, 6.45) is 8.21. The molecule has 2 amide bonds. The van der Waals surface area contributed by atoms with Crippen LogP contribution in [0.1, 0.15) is 51.4 Å². The summed E-state index contributed by atoms with van der Waals surface area (Å²) in [5.41, 5.74) is 1.63. The van der Waals surface area contributed by atoms with Crippen LogP contribution in [0.15, 0.2) is 60.7 Å². The van der Waals surface area contributed by atoms with Gasteiger partial charge in [0.05, 0.1) is 12.1 Å². The van der Waals surface area contributed by atoms with Crippen LogP contribution in [0.25, 0.3) is 0 Å². The van der Waals surface area contributed by atoms with E-state index in [2.05, 4.69) is 10.6 Å². The van der Waals surface area contributed by atoms with Gasteiger partial charge in [-0.1, -0.05) is 62.1 Å². The van der Waals surface area contributed by atoms with Crippen molar-refractivity contribution < 1.29 is 9.59 Å². The average molecular weight is 449 g/mol. The molecule has 0 radical (unpaired) electrons. The Morgan fingerprint density at radius 1 is 0.636 bits per heavy atom. The van der Waals surface area contributed by atoms with Crippen LogP contribution in [0, 0.1) is 0 Å². The maximum absolute atomic E-state index is 13.8. The predicted octanol–water partition coefficient (Wildman–Crippen LogP) is 4.07. The van der Waals surface area contributed by atoms with Crippen LogP contribution in [0.2, 0.25) is 0 Å². The fraction of sp³-hybridized carbons (Fsp3) is 0.481. The van der Waals surface area contributed by atoms with Crippen molar-refractivity contribution in [2.45, 2.75) is 63.5 Å². The lowest BCUT2D eigenvalue weighted by atomic mass is 10.1. The molecule has 176 valence electrons. The molecule has 0 spiro atoms. The highest BCUT2D eigenvalue weighted by atomic mass is 16.2. The number of hydrogen-bond acceptors (Lipinski definition) is 4. The number of amides is 2. The van der Waals surface area contributed by atoms with Crippen molar-refractivity contribution in [3.05, 3.63) is 60.7 Å². The zero-order valence-corrected chi connectivity index (χ0v) is 19.4. The van der Waals surface area contributed by atoms with E-state index in [1.54, 1.807) is 9.80 Å². The van der Waals surface area contributed by atoms with Gasteiger partial charge in [-0.05, 0) is 63.0 Å². The smallest absolute Gasteiger partial charge is 0.245 e. The lowest BCUT2D eigenvalue weighted by Crippen LogP contribution is -2.54. The molecular formula is C27H36N4O2. The van der Waals surface area contributed by atoms with Gasteiger partial charge < -0.3 is 10.6 Å². The van der Waals surface area contributed by atoms with Crippen LogP contribution in [-0.2, 0) is 9.59 Å². The fourth-order valence-corrected chi connectivity index (χ4v) is 4.77. The van der Waals surface area contributed by atoms with E-state index in [0.29, 0.717) is 0 Å². The average Bonchev–Trinajstić information content (AvgIpc) is 3.31. The molecule has 0 saturated carbocycles. The van der Waals surface area contributed by atoms with E-state index in [4.69, 9.17) is 0 Å². The number of carbonyl (C=O) groups is 2. The topological polar surface area (TPSA) is 64.7 Å². The third kappa shape index (κ3) is 6.21. The maximum Gasteiger partial charge on any atom is 0.245 e. The predicted molar refractivity (Wildman–Crippen MR) is 133 cm³/mol. The van der Waals surface area contributed by atoms with E-state index in [-0.39, 0.29) is 30.6 Å². The lowest BCUT2D eigenvalue weighted by Gasteiger charge is -2.34. The molecule has 0 aromatic heterocycles. The maximum atomic E-state index is 13.8. The molecule has 2 unspecified atom stereocenters. The van der Waals surface area contributed by atoms with Gasteiger partial charge in [-0.3, -0.25) is 19.4 Å². The summed E-state index contributed by atoms with van der Waals surface area (Å²) >= 11 is 0. The second kappa shape index (κ2) is 12.0. The van der Waals surface area contributed by atoms with Crippen molar-refractivity contribution >= 4 is 23.2 Å². The highest BCUT2D eigenvalue weighted by Crippen LogP contribution is 2.23. The van der Waals surface area contributed by atoms with Gasteiger partial charge >= 0.3 is 0 Å². The van der Waals surface area contributed by atoms with Gasteiger partial charge in [-0.25, -0.2) is 0 Å². The Hall–Kier alpha value is -2.70. The van der Waals surface area contributed by atoms with Gasteiger partial charge in [0.15, 0.2) is 0 Å². The lowest BCUT2D eigenvalue weighted by molar-refractivity contribution is -0.121. The Kier molecular flexibility index (Phi) is 8.50. The van der Waals surface area contributed by atoms with E-state index in [1.165, 1.54) is 0 Å². The zero-order chi connectivity index (χ0) is 22.9. The van der Waals surface area contributed by atoms with E-state index in [0.717, 1.165) is 75.8 Å². The number of nitrogens with zero attached hydrogens (tertiary/aromatic N) is 2. The zero-order valence-electron chi connectivity index (χ0n) is 19.4. The normalized spacial score (nSPS) is 21.5. The molecule has 2 heterocycles. The standard InChI is InChI=1S/C27H36N4O2/c32-26(24-17-9-3-11-19-28-24)30(22-13-5-1-6-14-22)21-31(23-15-7-2-8-16-23)27(33)25-18-10-4-12-20-29-25/h1-2,5-8,13-16,24-25,28-29H,3-4,9-12,17-21H2. The second-order valence-corrected chi connectivity index (χ2v) is 9.06. The molecule has 2 fully saturated rings. The first-order chi connectivity index (χ1) is 16.2. The largest absolute Gasteiger partial charge is 0.306 e. The molecule has 6 nitrogen and oxygen atoms in total. The molecule has 2 aliphatic rings. The molecule has 2 aliphatic heterocycles. The molecule has 2 atom stereocenters. The van der Waals surface area contributed by atoms with Crippen molar-refractivity contribution in [2.75, 3.05) is 29.6 Å². The van der Waals surface area contributed by atoms with Gasteiger partial charge in [0.25, 0.3) is 0 Å². The van der Waals surface area contributed by atoms with Crippen molar-refractivity contribution in [1.29, 1.82) is 0 Å². The van der Waals surface area contributed by atoms with Crippen LogP contribution in [-0.4, -0.2) is 43.7 Å². The number of nitrogens with one attached hydrogen (secondary N) is 2. The third-order valence-electron chi connectivity index (χ3n) is 6.67. The molecule has 33 heavy (non-hydrogen) atoms. The molecule has 6 heteroatoms. The number of hydrogen-bond donors (Lipinski definition) is 2. The van der Waals surface area contributed by atoms with Gasteiger partial charge in [0, 0.05) is 11.4 Å². The van der Waals surface area contributed by atoms with E-state index < -0.39 is 0 Å². The summed E-state index contributed by atoms with van der Waals surface area (Å²) in [4.78, 5) is 31.1. The van der Waals surface area contributed by atoms with E-state index in [1.807, 2.05) is 60.7 Å². The molecule has 4 rings (SSSR count). The Labute approximate surface area is 197 Å². The second-order valence-electron chi connectivity index (χ2n) is 9.06. The number of anilines is 2. The highest BCUT2D eigenvalue weighted by molar-refractivity contribution is 6.02. The number of carbonyl (C=O) groups excluding carboxylic acids is 2. The molecule has 2 aromatic carbocycles. The summed E-state index contributed by atoms with van der Waals surface area (Å²) < 4.78 is 0. The Balaban J connectivity index is 1.64. The summed E-state index contributed by atoms with van der Waals surface area (Å²) in [6.45, 7) is 1.90. The van der Waals surface area contributed by atoms with Crippen LogP contribution in [0.4, 0.5) is 11.4 Å². The van der Waals surface area contributed by atoms with Crippen molar-refractivity contribution in [3.8, 4) is 0 Å². The fourth-order valence-electron chi connectivity index (χ4n) is 4.77. The van der Waals surface area contributed by atoms with E-state index in [9.17, 15) is 9.59 Å². The minimum absolute atomic E-state index is 0.0330. The van der Waals surface area contributed by atoms with Gasteiger partial charge in [-0.15, -0.1) is 0 Å². The molecule has 0 bridgehead atoms. The van der Waals surface area contributed by atoms with Gasteiger partial charge in [0.1, 0.15) is 6.67 Å². The van der Waals surface area contributed by atoms with Gasteiger partial charge in [-0.2, -0.15) is 0 Å². The molecule has 0 aliphatic carbocycles. The first-order valence-corrected chi connectivity index (χ1v) is 12.4. The van der Waals surface area contributed by atoms with Crippen LogP contribution >= 0.6 is 0 Å². The minimum Gasteiger partial charge on any atom is -0.306 e. The van der Waals surface area contributed by atoms with Crippen molar-refractivity contribution in [1.82, 2.24) is 10.6 Å². The molecule has 2 saturated heterocycles. The van der Waals surface area contributed by atoms with Crippen LogP contribution < -0.4 is 20.4 Å². The first kappa shape index (κ1) is 23.5. The highest BCUT2D eigenvalue weighted by Gasteiger charge is 2.32. The Bertz CT molecular complexity index is 800. The van der Waals surface area contributed by atoms with Crippen molar-refractivity contribution in [3.63, 3.8) is 0 Å². The molecular weight excluding hydrogens is 412 g/mol. The number of para-hydroxylation sites is 2. The number of benzene rings is 2. The van der Waals surface area contributed by atoms with Crippen molar-refractivity contribution in [2.24, 2.45) is 0 Å². The first-order valence-electron chi connectivity index (χ1n) is 12.4.